The number of aryl methyl sites for hydroxylation is 1. The van der Waals surface area contributed by atoms with Crippen LogP contribution in [0.3, 0.4) is 0 Å². The Morgan fingerprint density at radius 3 is 1.98 bits per heavy atom. The van der Waals surface area contributed by atoms with Crippen LogP contribution in [0.2, 0.25) is 0 Å². The number of H-pyrrole nitrogens is 3. The molecule has 0 saturated carbocycles. The van der Waals surface area contributed by atoms with Crippen LogP contribution in [0.1, 0.15) is 50.8 Å². The fourth-order valence-corrected chi connectivity index (χ4v) is 6.07. The van der Waals surface area contributed by atoms with Gasteiger partial charge in [-0.25, -0.2) is 14.8 Å². The second-order valence-electron chi connectivity index (χ2n) is 12.2. The molecule has 5 N–H and O–H groups in total. The van der Waals surface area contributed by atoms with Crippen LogP contribution >= 0.6 is 0 Å². The van der Waals surface area contributed by atoms with Crippen molar-refractivity contribution >= 4 is 28.8 Å². The van der Waals surface area contributed by atoms with E-state index in [-0.39, 0.29) is 25.0 Å². The average molecular weight is 682 g/mol. The molecule has 0 aliphatic rings. The van der Waals surface area contributed by atoms with Crippen LogP contribution in [0.4, 0.5) is 4.79 Å². The summed E-state index contributed by atoms with van der Waals surface area (Å²) in [5.74, 6) is 1.24. The number of hydrogen-bond donors (Lipinski definition) is 5. The normalized spacial score (nSPS) is 11.1. The van der Waals surface area contributed by atoms with E-state index in [4.69, 9.17) is 4.74 Å². The summed E-state index contributed by atoms with van der Waals surface area (Å²) in [7, 11) is 1.77. The molecule has 264 valence electrons. The number of likely N-dealkylation sites (N-methyl/N-ethyl adjacent to an activating group) is 1. The zero-order chi connectivity index (χ0) is 35.6. The summed E-state index contributed by atoms with van der Waals surface area (Å²) in [5.41, 5.74) is 8.04. The lowest BCUT2D eigenvalue weighted by Crippen LogP contribution is -2.40. The first kappa shape index (κ1) is 35.9. The molecule has 0 radical (unpaired) electrons. The van der Waals surface area contributed by atoms with Gasteiger partial charge in [0.1, 0.15) is 18.2 Å². The minimum atomic E-state index is -0.610. The Kier molecular flexibility index (Phi) is 12.0. The number of rotatable bonds is 16. The Bertz CT molecular complexity index is 1910. The third-order valence-electron chi connectivity index (χ3n) is 8.45. The van der Waals surface area contributed by atoms with E-state index in [0.717, 1.165) is 68.8 Å². The van der Waals surface area contributed by atoms with Crippen molar-refractivity contribution in [1.29, 1.82) is 0 Å². The van der Waals surface area contributed by atoms with Crippen molar-refractivity contribution in [2.24, 2.45) is 0 Å². The highest BCUT2D eigenvalue weighted by Crippen LogP contribution is 2.37. The molecule has 0 saturated heterocycles. The highest BCUT2D eigenvalue weighted by molar-refractivity contribution is 6.04. The Balaban J connectivity index is 1.32. The Morgan fingerprint density at radius 1 is 0.780 bits per heavy atom. The Morgan fingerprint density at radius 2 is 1.36 bits per heavy atom. The monoisotopic (exact) mass is 681 g/mol. The van der Waals surface area contributed by atoms with E-state index in [1.807, 2.05) is 24.2 Å². The Labute approximate surface area is 292 Å². The third kappa shape index (κ3) is 8.40. The number of nitrogens with one attached hydrogen (secondary N) is 5. The molecular formula is C37H47N9O4. The van der Waals surface area contributed by atoms with Gasteiger partial charge in [0.05, 0.1) is 55.5 Å². The molecule has 2 aromatic carbocycles. The van der Waals surface area contributed by atoms with Gasteiger partial charge in [0.25, 0.3) is 0 Å². The zero-order valence-corrected chi connectivity index (χ0v) is 29.5. The summed E-state index contributed by atoms with van der Waals surface area (Å²) in [6, 6.07) is 12.6. The summed E-state index contributed by atoms with van der Waals surface area (Å²) in [4.78, 5) is 59.9. The molecule has 5 rings (SSSR count). The minimum Gasteiger partial charge on any atom is -0.450 e. The quantitative estimate of drug-likeness (QED) is 0.0935. The number of amides is 3. The number of aromatic nitrogens is 5. The predicted octanol–water partition coefficient (Wildman–Crippen LogP) is 5.37. The number of fused-ring (bicyclic) bond motifs is 1. The number of ether oxygens (including phenoxy) is 1. The van der Waals surface area contributed by atoms with Gasteiger partial charge < -0.3 is 40.1 Å². The van der Waals surface area contributed by atoms with Gasteiger partial charge in [-0.1, -0.05) is 50.2 Å². The SMILES string of the molecule is CCCN(Cc1ncc(-c2ccc(-c3ccc(-c4cnc(CN(CCC)C(=O)CNC)[nH]4)c4[nH]cc(C)c34)cc2)[nH]1)C(=O)CNC(=O)OCC. The molecule has 3 aromatic heterocycles. The number of imidazole rings is 2. The van der Waals surface area contributed by atoms with Crippen LogP contribution in [-0.4, -0.2) is 92.5 Å². The number of aromatic amines is 3. The number of carbonyl (C=O) groups is 3. The number of nitrogens with zero attached hydrogens (tertiary/aromatic N) is 4. The van der Waals surface area contributed by atoms with Gasteiger partial charge in [0, 0.05) is 30.2 Å². The van der Waals surface area contributed by atoms with E-state index >= 15 is 0 Å². The molecule has 0 unspecified atom stereocenters. The van der Waals surface area contributed by atoms with Gasteiger partial charge in [-0.05, 0) is 56.0 Å². The molecule has 0 fully saturated rings. The second-order valence-corrected chi connectivity index (χ2v) is 12.2. The summed E-state index contributed by atoms with van der Waals surface area (Å²) < 4.78 is 4.86. The van der Waals surface area contributed by atoms with Crippen LogP contribution in [0.5, 0.6) is 0 Å². The first-order valence-corrected chi connectivity index (χ1v) is 17.2. The first-order chi connectivity index (χ1) is 24.3. The van der Waals surface area contributed by atoms with Crippen molar-refractivity contribution < 1.29 is 19.1 Å². The van der Waals surface area contributed by atoms with E-state index in [2.05, 4.69) is 85.8 Å². The van der Waals surface area contributed by atoms with Crippen molar-refractivity contribution in [3.05, 3.63) is 72.2 Å². The summed E-state index contributed by atoms with van der Waals surface area (Å²) in [6.45, 7) is 10.2. The largest absolute Gasteiger partial charge is 0.450 e. The van der Waals surface area contributed by atoms with Crippen LogP contribution in [0.15, 0.2) is 55.0 Å². The van der Waals surface area contributed by atoms with Crippen molar-refractivity contribution in [2.45, 2.75) is 53.6 Å². The standard InChI is InChI=1S/C37H47N9O4/c1-6-15-45(33(47)20-38-5)23-32-40-19-30(44-32)28-14-13-27(35-24(4)17-41-36(28)35)25-9-11-26(12-10-25)29-18-39-31(43-29)22-46(16-7-2)34(48)21-42-37(49)50-8-3/h9-14,17-19,38,41H,6-8,15-16,20-23H2,1-5H3,(H,39,43)(H,40,44)(H,42,49). The van der Waals surface area contributed by atoms with Crippen LogP contribution in [-0.2, 0) is 27.4 Å². The molecule has 0 aliphatic carbocycles. The summed E-state index contributed by atoms with van der Waals surface area (Å²) >= 11 is 0. The summed E-state index contributed by atoms with van der Waals surface area (Å²) in [5, 5.41) is 6.57. The van der Waals surface area contributed by atoms with E-state index in [1.165, 1.54) is 0 Å². The van der Waals surface area contributed by atoms with Crippen molar-refractivity contribution in [3.8, 4) is 33.6 Å². The first-order valence-electron chi connectivity index (χ1n) is 17.2. The van der Waals surface area contributed by atoms with Gasteiger partial charge in [-0.15, -0.1) is 0 Å². The zero-order valence-electron chi connectivity index (χ0n) is 29.5. The van der Waals surface area contributed by atoms with Crippen LogP contribution < -0.4 is 10.6 Å². The number of alkyl carbamates (subject to hydrolysis) is 1. The lowest BCUT2D eigenvalue weighted by Gasteiger charge is -2.21. The van der Waals surface area contributed by atoms with Gasteiger partial charge >= 0.3 is 6.09 Å². The molecule has 0 aliphatic heterocycles. The number of hydrogen-bond acceptors (Lipinski definition) is 7. The maximum atomic E-state index is 12.8. The molecule has 13 nitrogen and oxygen atoms in total. The lowest BCUT2D eigenvalue weighted by molar-refractivity contribution is -0.131. The molecule has 3 heterocycles. The highest BCUT2D eigenvalue weighted by atomic mass is 16.5. The van der Waals surface area contributed by atoms with Crippen molar-refractivity contribution in [1.82, 2.24) is 45.4 Å². The topological polar surface area (TPSA) is 164 Å². The fourth-order valence-electron chi connectivity index (χ4n) is 6.07. The van der Waals surface area contributed by atoms with E-state index < -0.39 is 6.09 Å². The summed E-state index contributed by atoms with van der Waals surface area (Å²) in [6.07, 6.45) is 6.66. The number of carbonyl (C=O) groups excluding carboxylic acids is 3. The average Bonchev–Trinajstić information content (AvgIpc) is 3.88. The fraction of sp³-hybridized carbons (Fsp3) is 0.378. The van der Waals surface area contributed by atoms with Gasteiger partial charge in [0.15, 0.2) is 0 Å². The smallest absolute Gasteiger partial charge is 0.407 e. The molecule has 0 bridgehead atoms. The number of benzene rings is 2. The van der Waals surface area contributed by atoms with E-state index in [0.29, 0.717) is 38.5 Å². The van der Waals surface area contributed by atoms with E-state index in [9.17, 15) is 14.4 Å². The maximum absolute atomic E-state index is 12.8. The molecule has 3 amide bonds. The third-order valence-corrected chi connectivity index (χ3v) is 8.45. The molecule has 0 spiro atoms. The minimum absolute atomic E-state index is 0.0466. The molecule has 13 heteroatoms. The van der Waals surface area contributed by atoms with Crippen LogP contribution in [0.25, 0.3) is 44.5 Å². The molecular weight excluding hydrogens is 634 g/mol. The van der Waals surface area contributed by atoms with Crippen molar-refractivity contribution in [3.63, 3.8) is 0 Å². The second kappa shape index (κ2) is 16.8. The lowest BCUT2D eigenvalue weighted by atomic mass is 9.95. The Hall–Kier alpha value is -5.43. The predicted molar refractivity (Wildman–Crippen MR) is 194 cm³/mol. The molecule has 0 atom stereocenters. The van der Waals surface area contributed by atoms with Gasteiger partial charge in [0.2, 0.25) is 11.8 Å². The van der Waals surface area contributed by atoms with Gasteiger partial charge in [-0.3, -0.25) is 9.59 Å². The van der Waals surface area contributed by atoms with Gasteiger partial charge in [-0.2, -0.15) is 0 Å². The molecule has 5 aromatic rings. The molecule has 50 heavy (non-hydrogen) atoms. The van der Waals surface area contributed by atoms with Crippen LogP contribution in [0, 0.1) is 6.92 Å². The highest BCUT2D eigenvalue weighted by Gasteiger charge is 2.19. The maximum Gasteiger partial charge on any atom is 0.407 e. The van der Waals surface area contributed by atoms with E-state index in [1.54, 1.807) is 25.1 Å². The van der Waals surface area contributed by atoms with Crippen molar-refractivity contribution in [2.75, 3.05) is 39.8 Å².